The van der Waals surface area contributed by atoms with Gasteiger partial charge in [-0.05, 0) is 64.2 Å². The van der Waals surface area contributed by atoms with Gasteiger partial charge in [0.15, 0.2) is 0 Å². The molecule has 0 N–H and O–H groups in total. The second-order valence-corrected chi connectivity index (χ2v) is 21.9. The number of aromatic nitrogens is 3. The van der Waals surface area contributed by atoms with Gasteiger partial charge in [-0.1, -0.05) is 143 Å². The van der Waals surface area contributed by atoms with E-state index in [2.05, 4.69) is 155 Å². The van der Waals surface area contributed by atoms with Crippen molar-refractivity contribution < 1.29 is 24.5 Å². The van der Waals surface area contributed by atoms with Gasteiger partial charge in [-0.2, -0.15) is 0 Å². The van der Waals surface area contributed by atoms with Crippen molar-refractivity contribution in [2.75, 3.05) is 0 Å². The number of benzene rings is 6. The molecule has 3 aromatic heterocycles. The molecule has 0 aliphatic rings. The van der Waals surface area contributed by atoms with Gasteiger partial charge in [0.2, 0.25) is 0 Å². The zero-order valence-electron chi connectivity index (χ0n) is 33.6. The molecule has 0 fully saturated rings. The number of pyridine rings is 1. The first-order valence-corrected chi connectivity index (χ1v) is 22.9. The molecule has 6 heteroatoms. The Hall–Kier alpha value is -5.39. The van der Waals surface area contributed by atoms with Crippen LogP contribution in [0.1, 0.15) is 31.9 Å². The number of para-hydroxylation sites is 3. The van der Waals surface area contributed by atoms with Crippen LogP contribution in [0.5, 0.6) is 0 Å². The Kier molecular flexibility index (Phi) is 11.3. The molecule has 0 bridgehead atoms. The maximum atomic E-state index is 6.32. The Morgan fingerprint density at radius 2 is 1.44 bits per heavy atom. The van der Waals surface area contributed by atoms with Gasteiger partial charge in [0.05, 0.1) is 30.5 Å². The molecule has 0 atom stereocenters. The van der Waals surface area contributed by atoms with Gasteiger partial charge in [-0.15, -0.1) is 53.6 Å². The number of aryl methyl sites for hydroxylation is 1. The van der Waals surface area contributed by atoms with Crippen molar-refractivity contribution in [2.45, 2.75) is 53.8 Å². The average Bonchev–Trinajstić information content (AvgIpc) is 3.77. The van der Waals surface area contributed by atoms with Crippen LogP contribution in [-0.2, 0) is 26.5 Å². The summed E-state index contributed by atoms with van der Waals surface area (Å²) in [5.74, 6) is 0.818. The number of nitrogens with zero attached hydrogens (tertiary/aromatic N) is 3. The third-order valence-electron chi connectivity index (χ3n) is 10.1. The summed E-state index contributed by atoms with van der Waals surface area (Å²) in [4.78, 5) is 9.77. The fraction of sp³-hybridized carbons (Fsp3) is 0.176. The number of hydrogen-bond donors (Lipinski definition) is 0. The number of imidazole rings is 1. The van der Waals surface area contributed by atoms with E-state index < -0.39 is 8.07 Å². The van der Waals surface area contributed by atoms with Crippen molar-refractivity contribution in [3.63, 3.8) is 0 Å². The Labute approximate surface area is 351 Å². The second kappa shape index (κ2) is 16.2. The van der Waals surface area contributed by atoms with Crippen molar-refractivity contribution in [3.05, 3.63) is 169 Å². The normalized spacial score (nSPS) is 11.7. The van der Waals surface area contributed by atoms with Crippen molar-refractivity contribution in [1.29, 1.82) is 0 Å². The van der Waals surface area contributed by atoms with Gasteiger partial charge >= 0.3 is 0 Å². The SMILES string of the molecule is Cc1c[c-]c(-c2cc(CC(C)(C)C)c([Si](C)(C)C)cn2)cc1.[Ir].[c-]1ccc2c(oc3ccccc32)c1-c1nc2ccccc2n1-c1ccc(-c2ccccc2)cc1. The second-order valence-electron chi connectivity index (χ2n) is 16.9. The molecular weight excluding hydrogens is 891 g/mol. The maximum absolute atomic E-state index is 6.32. The van der Waals surface area contributed by atoms with E-state index in [0.717, 1.165) is 67.7 Å². The fourth-order valence-corrected chi connectivity index (χ4v) is 9.02. The molecule has 3 heterocycles. The third-order valence-corrected chi connectivity index (χ3v) is 12.2. The monoisotopic (exact) mass is 938 g/mol. The van der Waals surface area contributed by atoms with E-state index in [9.17, 15) is 0 Å². The molecule has 0 aliphatic carbocycles. The molecule has 9 rings (SSSR count). The van der Waals surface area contributed by atoms with E-state index in [0.29, 0.717) is 0 Å². The van der Waals surface area contributed by atoms with E-state index in [1.54, 1.807) is 0 Å². The van der Waals surface area contributed by atoms with E-state index in [1.165, 1.54) is 27.4 Å². The van der Waals surface area contributed by atoms with Crippen molar-refractivity contribution in [1.82, 2.24) is 14.5 Å². The van der Waals surface area contributed by atoms with E-state index in [1.807, 2.05) is 54.6 Å². The molecule has 0 amide bonds. The Morgan fingerprint density at radius 3 is 2.16 bits per heavy atom. The molecule has 4 nitrogen and oxygen atoms in total. The number of rotatable bonds is 6. The number of fused-ring (bicyclic) bond motifs is 4. The van der Waals surface area contributed by atoms with Crippen LogP contribution < -0.4 is 5.19 Å². The summed E-state index contributed by atoms with van der Waals surface area (Å²) >= 11 is 0. The summed E-state index contributed by atoms with van der Waals surface area (Å²) in [5.41, 5.74) is 13.1. The predicted molar refractivity (Wildman–Crippen MR) is 237 cm³/mol. The summed E-state index contributed by atoms with van der Waals surface area (Å²) in [7, 11) is -1.38. The fourth-order valence-electron chi connectivity index (χ4n) is 7.44. The van der Waals surface area contributed by atoms with Crippen LogP contribution in [0.25, 0.3) is 72.4 Å². The molecule has 6 aromatic carbocycles. The molecule has 0 spiro atoms. The van der Waals surface area contributed by atoms with Crippen molar-refractivity contribution in [3.8, 4) is 39.5 Å². The molecule has 0 saturated carbocycles. The van der Waals surface area contributed by atoms with Gasteiger partial charge in [-0.25, -0.2) is 0 Å². The molecule has 0 unspecified atom stereocenters. The van der Waals surface area contributed by atoms with Crippen molar-refractivity contribution in [2.24, 2.45) is 5.41 Å². The molecular formula is C51H47IrN3OSi-2. The Bertz CT molecular complexity index is 2790. The minimum atomic E-state index is -1.38. The van der Waals surface area contributed by atoms with Gasteiger partial charge in [0.1, 0.15) is 5.58 Å². The summed E-state index contributed by atoms with van der Waals surface area (Å²) in [6, 6.07) is 54.8. The molecule has 1 radical (unpaired) electrons. The van der Waals surface area contributed by atoms with Crippen LogP contribution in [0.4, 0.5) is 0 Å². The smallest absolute Gasteiger partial charge is 0.120 e. The van der Waals surface area contributed by atoms with Crippen LogP contribution in [0, 0.1) is 24.5 Å². The van der Waals surface area contributed by atoms with E-state index in [4.69, 9.17) is 14.4 Å². The number of furan rings is 1. The van der Waals surface area contributed by atoms with Crippen LogP contribution >= 0.6 is 0 Å². The number of hydrogen-bond acceptors (Lipinski definition) is 3. The van der Waals surface area contributed by atoms with Gasteiger partial charge in [0.25, 0.3) is 0 Å². The van der Waals surface area contributed by atoms with E-state index >= 15 is 0 Å². The first-order valence-electron chi connectivity index (χ1n) is 19.4. The largest absolute Gasteiger partial charge is 0.501 e. The first-order chi connectivity index (χ1) is 26.9. The van der Waals surface area contributed by atoms with Gasteiger partial charge in [0, 0.05) is 37.4 Å². The van der Waals surface area contributed by atoms with Crippen LogP contribution in [0.15, 0.2) is 150 Å². The molecule has 0 aliphatic heterocycles. The molecule has 57 heavy (non-hydrogen) atoms. The average molecular weight is 938 g/mol. The third kappa shape index (κ3) is 8.50. The quantitative estimate of drug-likeness (QED) is 0.123. The minimum Gasteiger partial charge on any atom is -0.501 e. The molecule has 9 aromatic rings. The predicted octanol–water partition coefficient (Wildman–Crippen LogP) is 13.0. The zero-order valence-corrected chi connectivity index (χ0v) is 37.0. The van der Waals surface area contributed by atoms with E-state index in [-0.39, 0.29) is 25.5 Å². The van der Waals surface area contributed by atoms with Gasteiger partial charge in [-0.3, -0.25) is 4.98 Å². The van der Waals surface area contributed by atoms with Crippen molar-refractivity contribution >= 4 is 46.2 Å². The van der Waals surface area contributed by atoms with Crippen LogP contribution in [0.2, 0.25) is 19.6 Å². The Morgan fingerprint density at radius 1 is 0.737 bits per heavy atom. The Balaban J connectivity index is 0.000000189. The maximum Gasteiger partial charge on any atom is 0.120 e. The summed E-state index contributed by atoms with van der Waals surface area (Å²) in [5, 5.41) is 3.66. The standard InChI is InChI=1S/C31H19N2O.C20H28NSi.Ir/c1-2-9-21(10-3-1)22-17-19-23(20-18-22)33-28-15-6-5-14-27(28)32-31(33)26-13-8-12-25-24-11-4-7-16-29(24)34-30(25)26;1-15-8-10-16(11-9-15)18-12-17(13-20(2,3)4)19(14-21-18)22(5,6)7;/h1-12,14-20H;8-10,12,14H,13H2,1-7H3;/q2*-1;. The summed E-state index contributed by atoms with van der Waals surface area (Å²) < 4.78 is 8.51. The zero-order chi connectivity index (χ0) is 39.0. The molecule has 0 saturated heterocycles. The summed E-state index contributed by atoms with van der Waals surface area (Å²) in [6.07, 6.45) is 3.21. The van der Waals surface area contributed by atoms with Gasteiger partial charge < -0.3 is 14.0 Å². The minimum absolute atomic E-state index is 0. The molecule has 287 valence electrons. The topological polar surface area (TPSA) is 43.9 Å². The first kappa shape index (κ1) is 39.8. The summed E-state index contributed by atoms with van der Waals surface area (Å²) in [6.45, 7) is 16.2. The van der Waals surface area contributed by atoms with Crippen LogP contribution in [-0.4, -0.2) is 22.6 Å². The van der Waals surface area contributed by atoms with Crippen LogP contribution in [0.3, 0.4) is 0 Å².